The lowest BCUT2D eigenvalue weighted by Crippen LogP contribution is -1.84. The molecule has 0 unspecified atom stereocenters. The Balaban J connectivity index is 2.70. The Morgan fingerprint density at radius 3 is 2.64 bits per heavy atom. The van der Waals surface area contributed by atoms with Crippen molar-refractivity contribution < 1.29 is 8.78 Å². The van der Waals surface area contributed by atoms with Crippen LogP contribution in [-0.2, 0) is 0 Å². The predicted molar refractivity (Wildman–Crippen MR) is 59.5 cm³/mol. The molecule has 14 heavy (non-hydrogen) atoms. The van der Waals surface area contributed by atoms with E-state index < -0.39 is 6.43 Å². The first-order valence-electron chi connectivity index (χ1n) is 3.74. The van der Waals surface area contributed by atoms with Crippen LogP contribution >= 0.6 is 38.9 Å². The Bertz CT molecular complexity index is 481. The number of halogens is 4. The fourth-order valence-corrected chi connectivity index (χ4v) is 3.06. The van der Waals surface area contributed by atoms with Gasteiger partial charge in [-0.25, -0.2) is 8.78 Å². The monoisotopic (exact) mass is 296 g/mol. The van der Waals surface area contributed by atoms with Crippen LogP contribution in [0, 0.1) is 0 Å². The van der Waals surface area contributed by atoms with Crippen molar-refractivity contribution in [3.8, 4) is 0 Å². The first kappa shape index (κ1) is 10.3. The summed E-state index contributed by atoms with van der Waals surface area (Å²) < 4.78 is 27.0. The van der Waals surface area contributed by atoms with Crippen LogP contribution in [0.25, 0.3) is 10.1 Å². The fraction of sp³-hybridized carbons (Fsp3) is 0.111. The average molecular weight is 298 g/mol. The number of alkyl halides is 2. The summed E-state index contributed by atoms with van der Waals surface area (Å²) in [5.41, 5.74) is 0.00645. The number of benzene rings is 1. The first-order chi connectivity index (χ1) is 6.58. The van der Waals surface area contributed by atoms with Gasteiger partial charge in [-0.2, -0.15) is 0 Å². The van der Waals surface area contributed by atoms with Crippen molar-refractivity contribution in [2.24, 2.45) is 0 Å². The normalized spacial score (nSPS) is 11.5. The highest BCUT2D eigenvalue weighted by Gasteiger charge is 2.13. The van der Waals surface area contributed by atoms with Crippen LogP contribution in [0.4, 0.5) is 8.78 Å². The molecule has 0 N–H and O–H groups in total. The molecule has 0 spiro atoms. The van der Waals surface area contributed by atoms with Gasteiger partial charge in [-0.05, 0) is 23.6 Å². The smallest absolute Gasteiger partial charge is 0.205 e. The molecule has 1 aromatic heterocycles. The van der Waals surface area contributed by atoms with Gasteiger partial charge in [-0.15, -0.1) is 11.3 Å². The molecular weight excluding hydrogens is 294 g/mol. The molecule has 0 aliphatic rings. The van der Waals surface area contributed by atoms with E-state index in [-0.39, 0.29) is 5.56 Å². The number of hydrogen-bond acceptors (Lipinski definition) is 1. The second kappa shape index (κ2) is 3.76. The van der Waals surface area contributed by atoms with Crippen LogP contribution in [0.15, 0.2) is 22.7 Å². The number of rotatable bonds is 1. The van der Waals surface area contributed by atoms with Gasteiger partial charge in [0.2, 0.25) is 0 Å². The van der Waals surface area contributed by atoms with Crippen LogP contribution < -0.4 is 0 Å². The van der Waals surface area contributed by atoms with Gasteiger partial charge in [0, 0.05) is 14.7 Å². The third-order valence-electron chi connectivity index (χ3n) is 1.84. The van der Waals surface area contributed by atoms with Crippen molar-refractivity contribution >= 4 is 49.0 Å². The Morgan fingerprint density at radius 1 is 1.29 bits per heavy atom. The highest BCUT2D eigenvalue weighted by atomic mass is 79.9. The highest BCUT2D eigenvalue weighted by Crippen LogP contribution is 2.36. The van der Waals surface area contributed by atoms with Crippen molar-refractivity contribution in [2.75, 3.05) is 0 Å². The molecule has 0 radical (unpaired) electrons. The molecule has 74 valence electrons. The van der Waals surface area contributed by atoms with Crippen molar-refractivity contribution in [1.29, 1.82) is 0 Å². The van der Waals surface area contributed by atoms with Gasteiger partial charge < -0.3 is 0 Å². The molecule has 0 nitrogen and oxygen atoms in total. The summed E-state index contributed by atoms with van der Waals surface area (Å²) in [6.45, 7) is 0. The standard InChI is InChI=1S/C9H4BrClF2S/c10-6-3-7-4(2-8(11)14-7)1-5(6)9(12)13/h1-3,9H. The summed E-state index contributed by atoms with van der Waals surface area (Å²) in [7, 11) is 0. The molecule has 5 heteroatoms. The minimum Gasteiger partial charge on any atom is -0.205 e. The van der Waals surface area contributed by atoms with Crippen molar-refractivity contribution in [3.63, 3.8) is 0 Å². The molecule has 0 saturated heterocycles. The maximum absolute atomic E-state index is 12.5. The molecule has 0 fully saturated rings. The summed E-state index contributed by atoms with van der Waals surface area (Å²) in [5, 5.41) is 0.763. The third kappa shape index (κ3) is 1.78. The van der Waals surface area contributed by atoms with Gasteiger partial charge >= 0.3 is 0 Å². The molecule has 0 aliphatic carbocycles. The van der Waals surface area contributed by atoms with Crippen molar-refractivity contribution in [1.82, 2.24) is 0 Å². The molecule has 2 aromatic rings. The SMILES string of the molecule is FC(F)c1cc2cc(Cl)sc2cc1Br. The zero-order valence-corrected chi connectivity index (χ0v) is 9.89. The maximum atomic E-state index is 12.5. The number of fused-ring (bicyclic) bond motifs is 1. The molecule has 1 aromatic carbocycles. The van der Waals surface area contributed by atoms with E-state index in [0.717, 1.165) is 10.1 Å². The van der Waals surface area contributed by atoms with Gasteiger partial charge in [0.1, 0.15) is 0 Å². The summed E-state index contributed by atoms with van der Waals surface area (Å²) in [6, 6.07) is 4.83. The third-order valence-corrected chi connectivity index (χ3v) is 3.75. The van der Waals surface area contributed by atoms with E-state index >= 15 is 0 Å². The first-order valence-corrected chi connectivity index (χ1v) is 5.73. The minimum absolute atomic E-state index is 0.00645. The second-order valence-electron chi connectivity index (χ2n) is 2.76. The van der Waals surface area contributed by atoms with E-state index in [0.29, 0.717) is 8.81 Å². The number of thiophene rings is 1. The lowest BCUT2D eigenvalue weighted by molar-refractivity contribution is 0.150. The van der Waals surface area contributed by atoms with Crippen LogP contribution in [0.3, 0.4) is 0 Å². The molecule has 1 heterocycles. The van der Waals surface area contributed by atoms with E-state index in [9.17, 15) is 8.78 Å². The summed E-state index contributed by atoms with van der Waals surface area (Å²) in [6.07, 6.45) is -2.47. The highest BCUT2D eigenvalue weighted by molar-refractivity contribution is 9.10. The van der Waals surface area contributed by atoms with Gasteiger partial charge in [-0.1, -0.05) is 27.5 Å². The zero-order chi connectivity index (χ0) is 10.3. The van der Waals surface area contributed by atoms with Crippen LogP contribution in [0.5, 0.6) is 0 Å². The molecule has 0 bridgehead atoms. The van der Waals surface area contributed by atoms with Crippen molar-refractivity contribution in [2.45, 2.75) is 6.43 Å². The molecule has 2 rings (SSSR count). The van der Waals surface area contributed by atoms with Gasteiger partial charge in [0.15, 0.2) is 0 Å². The summed E-state index contributed by atoms with van der Waals surface area (Å²) >= 11 is 10.3. The van der Waals surface area contributed by atoms with Crippen LogP contribution in [0.1, 0.15) is 12.0 Å². The van der Waals surface area contributed by atoms with Gasteiger partial charge in [-0.3, -0.25) is 0 Å². The van der Waals surface area contributed by atoms with Crippen LogP contribution in [-0.4, -0.2) is 0 Å². The molecule has 0 saturated carbocycles. The Kier molecular flexibility index (Phi) is 2.77. The van der Waals surface area contributed by atoms with E-state index in [2.05, 4.69) is 15.9 Å². The Morgan fingerprint density at radius 2 is 2.00 bits per heavy atom. The van der Waals surface area contributed by atoms with E-state index in [1.807, 2.05) is 0 Å². The second-order valence-corrected chi connectivity index (χ2v) is 5.33. The predicted octanol–water partition coefficient (Wildman–Crippen LogP) is 5.25. The van der Waals surface area contributed by atoms with Gasteiger partial charge in [0.05, 0.1) is 4.34 Å². The minimum atomic E-state index is -2.47. The quantitative estimate of drug-likeness (QED) is 0.674. The Hall–Kier alpha value is -0.190. The van der Waals surface area contributed by atoms with Gasteiger partial charge in [0.25, 0.3) is 6.43 Å². The Labute approximate surface area is 96.6 Å². The molecule has 0 atom stereocenters. The summed E-state index contributed by atoms with van der Waals surface area (Å²) in [5.74, 6) is 0. The van der Waals surface area contributed by atoms with E-state index in [1.54, 1.807) is 12.1 Å². The number of hydrogen-bond donors (Lipinski definition) is 0. The molecule has 0 amide bonds. The van der Waals surface area contributed by atoms with E-state index in [1.165, 1.54) is 17.4 Å². The fourth-order valence-electron chi connectivity index (χ4n) is 1.21. The topological polar surface area (TPSA) is 0 Å². The lowest BCUT2D eigenvalue weighted by atomic mass is 10.2. The zero-order valence-electron chi connectivity index (χ0n) is 6.73. The van der Waals surface area contributed by atoms with Crippen LogP contribution in [0.2, 0.25) is 4.34 Å². The molecular formula is C9H4BrClF2S. The largest absolute Gasteiger partial charge is 0.264 e. The maximum Gasteiger partial charge on any atom is 0.264 e. The lowest BCUT2D eigenvalue weighted by Gasteiger charge is -2.02. The molecule has 0 aliphatic heterocycles. The average Bonchev–Trinajstić information content (AvgIpc) is 2.42. The van der Waals surface area contributed by atoms with E-state index in [4.69, 9.17) is 11.6 Å². The van der Waals surface area contributed by atoms with Crippen molar-refractivity contribution in [3.05, 3.63) is 32.6 Å². The summed E-state index contributed by atoms with van der Waals surface area (Å²) in [4.78, 5) is 0.